The monoisotopic (exact) mass is 313 g/mol. The fourth-order valence-electron chi connectivity index (χ4n) is 3.31. The number of methoxy groups -OCH3 is 1. The Morgan fingerprint density at radius 3 is 2.65 bits per heavy atom. The molecule has 23 heavy (non-hydrogen) atoms. The Balaban J connectivity index is 1.69. The predicted octanol–water partition coefficient (Wildman–Crippen LogP) is 3.20. The van der Waals surface area contributed by atoms with Gasteiger partial charge in [0.05, 0.1) is 0 Å². The highest BCUT2D eigenvalue weighted by molar-refractivity contribution is 5.79. The highest BCUT2D eigenvalue weighted by Crippen LogP contribution is 2.38. The number of rotatable bonds is 3. The van der Waals surface area contributed by atoms with Gasteiger partial charge in [0.25, 0.3) is 5.89 Å². The molecule has 1 aromatic carbocycles. The fourth-order valence-corrected chi connectivity index (χ4v) is 3.31. The van der Waals surface area contributed by atoms with Gasteiger partial charge in [0.1, 0.15) is 16.6 Å². The Kier molecular flexibility index (Phi) is 3.57. The second-order valence-corrected chi connectivity index (χ2v) is 6.06. The van der Waals surface area contributed by atoms with E-state index < -0.39 is 5.60 Å². The summed E-state index contributed by atoms with van der Waals surface area (Å²) in [5.74, 6) is 1.14. The van der Waals surface area contributed by atoms with Crippen LogP contribution < -0.4 is 0 Å². The van der Waals surface area contributed by atoms with E-state index in [1.165, 1.54) is 12.8 Å². The summed E-state index contributed by atoms with van der Waals surface area (Å²) in [6.07, 6.45) is 6.55. The van der Waals surface area contributed by atoms with E-state index >= 15 is 0 Å². The average molecular weight is 313 g/mol. The maximum atomic E-state index is 5.83. The Morgan fingerprint density at radius 2 is 1.87 bits per heavy atom. The molecule has 7 heteroatoms. The standard InChI is InChI=1S/C16H19N5O2/c1-22-16(8-4-2-3-5-9-16)15-17-14(20-23-15)11-6-7-12-13(10-11)19-21-18-12/h6-7,10H,2-5,8-9H2,1H3,(H,18,19,21). The number of fused-ring (bicyclic) bond motifs is 1. The van der Waals surface area contributed by atoms with Crippen molar-refractivity contribution in [1.82, 2.24) is 25.6 Å². The summed E-state index contributed by atoms with van der Waals surface area (Å²) in [6, 6.07) is 5.72. The average Bonchev–Trinajstić information content (AvgIpc) is 3.19. The third-order valence-corrected chi connectivity index (χ3v) is 4.69. The fraction of sp³-hybridized carbons (Fsp3) is 0.500. The number of benzene rings is 1. The van der Waals surface area contributed by atoms with Crippen LogP contribution in [-0.4, -0.2) is 32.7 Å². The first-order chi connectivity index (χ1) is 11.3. The smallest absolute Gasteiger partial charge is 0.259 e. The molecule has 0 spiro atoms. The lowest BCUT2D eigenvalue weighted by atomic mass is 9.94. The highest BCUT2D eigenvalue weighted by atomic mass is 16.5. The Labute approximate surface area is 133 Å². The van der Waals surface area contributed by atoms with Gasteiger partial charge in [0.2, 0.25) is 5.82 Å². The van der Waals surface area contributed by atoms with Gasteiger partial charge in [-0.25, -0.2) is 0 Å². The van der Waals surface area contributed by atoms with E-state index in [9.17, 15) is 0 Å². The van der Waals surface area contributed by atoms with Crippen LogP contribution in [0.15, 0.2) is 22.7 Å². The zero-order valence-electron chi connectivity index (χ0n) is 13.1. The van der Waals surface area contributed by atoms with E-state index in [2.05, 4.69) is 25.6 Å². The van der Waals surface area contributed by atoms with E-state index in [1.807, 2.05) is 18.2 Å². The molecule has 1 aliphatic rings. The van der Waals surface area contributed by atoms with Crippen LogP contribution >= 0.6 is 0 Å². The lowest BCUT2D eigenvalue weighted by Gasteiger charge is -2.26. The van der Waals surface area contributed by atoms with Crippen molar-refractivity contribution in [2.75, 3.05) is 7.11 Å². The van der Waals surface area contributed by atoms with Crippen LogP contribution in [-0.2, 0) is 10.3 Å². The maximum absolute atomic E-state index is 5.83. The van der Waals surface area contributed by atoms with Gasteiger partial charge in [-0.15, -0.1) is 0 Å². The molecule has 7 nitrogen and oxygen atoms in total. The van der Waals surface area contributed by atoms with E-state index in [-0.39, 0.29) is 0 Å². The second kappa shape index (κ2) is 5.73. The van der Waals surface area contributed by atoms with Crippen molar-refractivity contribution >= 4 is 11.0 Å². The van der Waals surface area contributed by atoms with E-state index in [1.54, 1.807) is 7.11 Å². The van der Waals surface area contributed by atoms with Crippen molar-refractivity contribution in [3.8, 4) is 11.4 Å². The zero-order valence-corrected chi connectivity index (χ0v) is 13.1. The van der Waals surface area contributed by atoms with Crippen LogP contribution in [0.3, 0.4) is 0 Å². The van der Waals surface area contributed by atoms with Crippen molar-refractivity contribution in [1.29, 1.82) is 0 Å². The van der Waals surface area contributed by atoms with Gasteiger partial charge in [-0.05, 0) is 31.0 Å². The summed E-state index contributed by atoms with van der Waals surface area (Å²) >= 11 is 0. The summed E-state index contributed by atoms with van der Waals surface area (Å²) in [4.78, 5) is 4.62. The van der Waals surface area contributed by atoms with Crippen LogP contribution in [0, 0.1) is 0 Å². The van der Waals surface area contributed by atoms with E-state index in [4.69, 9.17) is 9.26 Å². The van der Waals surface area contributed by atoms with Gasteiger partial charge in [-0.2, -0.15) is 20.4 Å². The molecule has 3 aromatic rings. The van der Waals surface area contributed by atoms with Crippen LogP contribution in [0.2, 0.25) is 0 Å². The molecule has 0 atom stereocenters. The molecule has 0 saturated heterocycles. The number of H-pyrrole nitrogens is 1. The Hall–Kier alpha value is -2.28. The molecule has 120 valence electrons. The number of hydrogen-bond acceptors (Lipinski definition) is 6. The van der Waals surface area contributed by atoms with Crippen LogP contribution in [0.1, 0.15) is 44.4 Å². The van der Waals surface area contributed by atoms with Crippen molar-refractivity contribution in [2.45, 2.75) is 44.1 Å². The van der Waals surface area contributed by atoms with Crippen molar-refractivity contribution in [3.63, 3.8) is 0 Å². The van der Waals surface area contributed by atoms with Gasteiger partial charge >= 0.3 is 0 Å². The molecule has 0 bridgehead atoms. The third-order valence-electron chi connectivity index (χ3n) is 4.69. The molecule has 1 aliphatic carbocycles. The Bertz CT molecular complexity index is 802. The summed E-state index contributed by atoms with van der Waals surface area (Å²) in [6.45, 7) is 0. The molecule has 1 saturated carbocycles. The van der Waals surface area contributed by atoms with Crippen molar-refractivity contribution in [3.05, 3.63) is 24.1 Å². The molecule has 0 aliphatic heterocycles. The molecule has 0 amide bonds. The summed E-state index contributed by atoms with van der Waals surface area (Å²) in [7, 11) is 1.73. The third kappa shape index (κ3) is 2.50. The number of aromatic nitrogens is 5. The van der Waals surface area contributed by atoms with Gasteiger partial charge in [-0.1, -0.05) is 30.8 Å². The van der Waals surface area contributed by atoms with Gasteiger partial charge < -0.3 is 9.26 Å². The highest BCUT2D eigenvalue weighted by Gasteiger charge is 2.38. The van der Waals surface area contributed by atoms with Crippen LogP contribution in [0.25, 0.3) is 22.4 Å². The SMILES string of the molecule is COC1(c2nc(-c3ccc4n[nH]nc4c3)no2)CCCCCC1. The zero-order chi connectivity index (χ0) is 15.7. The minimum absolute atomic E-state index is 0.445. The predicted molar refractivity (Wildman–Crippen MR) is 83.6 cm³/mol. The number of aromatic amines is 1. The van der Waals surface area contributed by atoms with E-state index in [0.29, 0.717) is 11.7 Å². The van der Waals surface area contributed by atoms with E-state index in [0.717, 1.165) is 42.3 Å². The quantitative estimate of drug-likeness (QED) is 0.747. The van der Waals surface area contributed by atoms with Crippen LogP contribution in [0.4, 0.5) is 0 Å². The largest absolute Gasteiger partial charge is 0.368 e. The van der Waals surface area contributed by atoms with Crippen molar-refractivity contribution in [2.24, 2.45) is 0 Å². The lowest BCUT2D eigenvalue weighted by Crippen LogP contribution is -2.28. The molecule has 2 aromatic heterocycles. The first-order valence-electron chi connectivity index (χ1n) is 8.01. The number of nitrogens with one attached hydrogen (secondary N) is 1. The molecule has 1 N–H and O–H groups in total. The summed E-state index contributed by atoms with van der Waals surface area (Å²) < 4.78 is 11.4. The van der Waals surface area contributed by atoms with Gasteiger partial charge in [0, 0.05) is 12.7 Å². The summed E-state index contributed by atoms with van der Waals surface area (Å²) in [5, 5.41) is 14.9. The number of nitrogens with zero attached hydrogens (tertiary/aromatic N) is 4. The molecular weight excluding hydrogens is 294 g/mol. The molecule has 0 radical (unpaired) electrons. The lowest BCUT2D eigenvalue weighted by molar-refractivity contribution is -0.0520. The van der Waals surface area contributed by atoms with Gasteiger partial charge in [0.15, 0.2) is 0 Å². The second-order valence-electron chi connectivity index (χ2n) is 6.06. The first-order valence-corrected chi connectivity index (χ1v) is 8.01. The summed E-state index contributed by atoms with van der Waals surface area (Å²) in [5.41, 5.74) is 2.01. The Morgan fingerprint density at radius 1 is 1.09 bits per heavy atom. The number of hydrogen-bond donors (Lipinski definition) is 1. The molecule has 4 rings (SSSR count). The van der Waals surface area contributed by atoms with Gasteiger partial charge in [-0.3, -0.25) is 0 Å². The topological polar surface area (TPSA) is 89.7 Å². The molecular formula is C16H19N5O2. The number of ether oxygens (including phenoxy) is 1. The molecule has 2 heterocycles. The normalized spacial score (nSPS) is 18.1. The molecule has 1 fully saturated rings. The van der Waals surface area contributed by atoms with Crippen LogP contribution in [0.5, 0.6) is 0 Å². The molecule has 0 unspecified atom stereocenters. The first kappa shape index (κ1) is 14.3. The van der Waals surface area contributed by atoms with Crippen molar-refractivity contribution < 1.29 is 9.26 Å². The minimum Gasteiger partial charge on any atom is -0.368 e. The minimum atomic E-state index is -0.445. The maximum Gasteiger partial charge on any atom is 0.259 e.